The Morgan fingerprint density at radius 2 is 2.05 bits per heavy atom. The molecule has 3 rings (SSSR count). The number of aromatic hydroxyl groups is 1. The molecule has 0 bridgehead atoms. The fourth-order valence-corrected chi connectivity index (χ4v) is 3.97. The Kier molecular flexibility index (Phi) is 3.99. The Labute approximate surface area is 122 Å². The number of hydrogen-bond donors (Lipinski definition) is 1. The van der Waals surface area contributed by atoms with Crippen LogP contribution in [0.1, 0.15) is 43.4 Å². The summed E-state index contributed by atoms with van der Waals surface area (Å²) in [6, 6.07) is 7.12. The quantitative estimate of drug-likeness (QED) is 0.853. The molecule has 2 unspecified atom stereocenters. The van der Waals surface area contributed by atoms with Crippen molar-refractivity contribution in [1.82, 2.24) is 9.80 Å². The molecule has 2 aliphatic rings. The van der Waals surface area contributed by atoms with Gasteiger partial charge in [0.25, 0.3) is 0 Å². The smallest absolute Gasteiger partial charge is 0.115 e. The number of phenols is 1. The van der Waals surface area contributed by atoms with E-state index in [1.54, 1.807) is 0 Å². The first-order chi connectivity index (χ1) is 9.65. The highest BCUT2D eigenvalue weighted by Gasteiger charge is 2.30. The lowest BCUT2D eigenvalue weighted by Gasteiger charge is -2.39. The van der Waals surface area contributed by atoms with Gasteiger partial charge in [0.1, 0.15) is 5.75 Å². The maximum absolute atomic E-state index is 9.70. The fourth-order valence-electron chi connectivity index (χ4n) is 3.97. The van der Waals surface area contributed by atoms with Gasteiger partial charge < -0.3 is 10.0 Å². The van der Waals surface area contributed by atoms with Crippen LogP contribution in [0.2, 0.25) is 0 Å². The van der Waals surface area contributed by atoms with Gasteiger partial charge in [-0.15, -0.1) is 0 Å². The highest BCUT2D eigenvalue weighted by molar-refractivity contribution is 5.38. The van der Waals surface area contributed by atoms with Crippen LogP contribution in [-0.2, 0) is 6.42 Å². The second-order valence-corrected chi connectivity index (χ2v) is 6.49. The third-order valence-electron chi connectivity index (χ3n) is 4.91. The largest absolute Gasteiger partial charge is 0.508 e. The molecule has 0 aromatic heterocycles. The molecule has 1 aliphatic heterocycles. The Hall–Kier alpha value is -1.06. The number of aryl methyl sites for hydroxylation is 1. The number of fused-ring (bicyclic) bond motifs is 1. The lowest BCUT2D eigenvalue weighted by molar-refractivity contribution is 0.129. The van der Waals surface area contributed by atoms with Crippen molar-refractivity contribution in [1.29, 1.82) is 0 Å². The molecule has 1 aliphatic carbocycles. The van der Waals surface area contributed by atoms with Crippen molar-refractivity contribution in [3.05, 3.63) is 29.3 Å². The van der Waals surface area contributed by atoms with Crippen LogP contribution in [0.4, 0.5) is 0 Å². The molecule has 110 valence electrons. The number of rotatable bonds is 1. The van der Waals surface area contributed by atoms with Gasteiger partial charge in [0.05, 0.1) is 0 Å². The number of nitrogens with zero attached hydrogens (tertiary/aromatic N) is 2. The third kappa shape index (κ3) is 2.70. The zero-order valence-electron chi connectivity index (χ0n) is 12.7. The van der Waals surface area contributed by atoms with Crippen LogP contribution in [0.25, 0.3) is 0 Å². The number of phenolic OH excluding ortho intramolecular Hbond substituents is 1. The average Bonchev–Trinajstić information content (AvgIpc) is 2.58. The van der Waals surface area contributed by atoms with E-state index in [9.17, 15) is 5.11 Å². The molecule has 0 saturated carbocycles. The van der Waals surface area contributed by atoms with Crippen LogP contribution in [0.3, 0.4) is 0 Å². The standard InChI is InChI=1S/C17H26N2O/c1-13-12-18(2)9-4-10-19(13)17-6-3-5-14-11-15(20)7-8-16(14)17/h7-8,11,13,17,20H,3-6,9-10,12H2,1-2H3. The number of hydrogen-bond acceptors (Lipinski definition) is 3. The molecule has 1 heterocycles. The summed E-state index contributed by atoms with van der Waals surface area (Å²) in [5.74, 6) is 0.410. The minimum atomic E-state index is 0.410. The van der Waals surface area contributed by atoms with Gasteiger partial charge in [-0.3, -0.25) is 4.90 Å². The summed E-state index contributed by atoms with van der Waals surface area (Å²) in [6.07, 6.45) is 4.86. The summed E-state index contributed by atoms with van der Waals surface area (Å²) in [6.45, 7) is 5.91. The molecule has 1 N–H and O–H groups in total. The molecule has 1 fully saturated rings. The topological polar surface area (TPSA) is 26.7 Å². The molecule has 2 atom stereocenters. The van der Waals surface area contributed by atoms with Crippen molar-refractivity contribution in [2.45, 2.75) is 44.7 Å². The van der Waals surface area contributed by atoms with Gasteiger partial charge in [-0.05, 0) is 69.5 Å². The molecular formula is C17H26N2O. The molecule has 0 amide bonds. The molecule has 1 saturated heterocycles. The molecule has 3 heteroatoms. The zero-order valence-corrected chi connectivity index (χ0v) is 12.7. The highest BCUT2D eigenvalue weighted by Crippen LogP contribution is 2.37. The Morgan fingerprint density at radius 3 is 2.90 bits per heavy atom. The summed E-state index contributed by atoms with van der Waals surface area (Å²) < 4.78 is 0. The molecule has 0 radical (unpaired) electrons. The van der Waals surface area contributed by atoms with Crippen molar-refractivity contribution >= 4 is 0 Å². The van der Waals surface area contributed by atoms with E-state index in [1.807, 2.05) is 12.1 Å². The van der Waals surface area contributed by atoms with Crippen LogP contribution in [-0.4, -0.2) is 47.6 Å². The van der Waals surface area contributed by atoms with E-state index < -0.39 is 0 Å². The second kappa shape index (κ2) is 5.74. The summed E-state index contributed by atoms with van der Waals surface area (Å²) in [5, 5.41) is 9.70. The van der Waals surface area contributed by atoms with Crippen LogP contribution in [0.15, 0.2) is 18.2 Å². The van der Waals surface area contributed by atoms with E-state index in [-0.39, 0.29) is 0 Å². The summed E-state index contributed by atoms with van der Waals surface area (Å²) >= 11 is 0. The van der Waals surface area contributed by atoms with Gasteiger partial charge in [0.15, 0.2) is 0 Å². The van der Waals surface area contributed by atoms with Gasteiger partial charge in [-0.25, -0.2) is 0 Å². The van der Waals surface area contributed by atoms with Crippen molar-refractivity contribution in [2.24, 2.45) is 0 Å². The number of likely N-dealkylation sites (N-methyl/N-ethyl adjacent to an activating group) is 1. The molecular weight excluding hydrogens is 248 g/mol. The van der Waals surface area contributed by atoms with Gasteiger partial charge >= 0.3 is 0 Å². The van der Waals surface area contributed by atoms with Crippen LogP contribution in [0.5, 0.6) is 5.75 Å². The third-order valence-corrected chi connectivity index (χ3v) is 4.91. The molecule has 20 heavy (non-hydrogen) atoms. The van der Waals surface area contributed by atoms with Crippen LogP contribution in [0, 0.1) is 0 Å². The minimum Gasteiger partial charge on any atom is -0.508 e. The average molecular weight is 274 g/mol. The summed E-state index contributed by atoms with van der Waals surface area (Å²) in [4.78, 5) is 5.14. The van der Waals surface area contributed by atoms with Crippen LogP contribution < -0.4 is 0 Å². The van der Waals surface area contributed by atoms with Crippen molar-refractivity contribution in [3.8, 4) is 5.75 Å². The molecule has 1 aromatic carbocycles. The number of benzene rings is 1. The first kappa shape index (κ1) is 13.9. The van der Waals surface area contributed by atoms with Gasteiger partial charge in [0.2, 0.25) is 0 Å². The molecule has 1 aromatic rings. The van der Waals surface area contributed by atoms with E-state index in [1.165, 1.54) is 43.5 Å². The lowest BCUT2D eigenvalue weighted by Crippen LogP contribution is -2.41. The van der Waals surface area contributed by atoms with Crippen LogP contribution >= 0.6 is 0 Å². The van der Waals surface area contributed by atoms with Gasteiger partial charge in [-0.2, -0.15) is 0 Å². The normalized spacial score (nSPS) is 28.9. The van der Waals surface area contributed by atoms with Crippen molar-refractivity contribution < 1.29 is 5.11 Å². The fraction of sp³-hybridized carbons (Fsp3) is 0.647. The van der Waals surface area contributed by atoms with E-state index in [4.69, 9.17) is 0 Å². The maximum atomic E-state index is 9.70. The predicted molar refractivity (Wildman–Crippen MR) is 82.1 cm³/mol. The molecule has 0 spiro atoms. The van der Waals surface area contributed by atoms with Gasteiger partial charge in [0, 0.05) is 25.2 Å². The van der Waals surface area contributed by atoms with E-state index in [2.05, 4.69) is 29.8 Å². The van der Waals surface area contributed by atoms with E-state index in [0.29, 0.717) is 17.8 Å². The van der Waals surface area contributed by atoms with E-state index in [0.717, 1.165) is 13.0 Å². The predicted octanol–water partition coefficient (Wildman–Crippen LogP) is 2.80. The first-order valence-corrected chi connectivity index (χ1v) is 7.91. The minimum absolute atomic E-state index is 0.410. The zero-order chi connectivity index (χ0) is 14.1. The summed E-state index contributed by atoms with van der Waals surface area (Å²) in [5.41, 5.74) is 2.80. The SMILES string of the molecule is CC1CN(C)CCCN1C1CCCc2cc(O)ccc21. The highest BCUT2D eigenvalue weighted by atomic mass is 16.3. The Balaban J connectivity index is 1.87. The van der Waals surface area contributed by atoms with Crippen molar-refractivity contribution in [2.75, 3.05) is 26.7 Å². The Bertz CT molecular complexity index is 474. The van der Waals surface area contributed by atoms with Gasteiger partial charge in [-0.1, -0.05) is 6.07 Å². The molecule has 3 nitrogen and oxygen atoms in total. The second-order valence-electron chi connectivity index (χ2n) is 6.49. The lowest BCUT2D eigenvalue weighted by atomic mass is 9.86. The first-order valence-electron chi connectivity index (χ1n) is 7.91. The van der Waals surface area contributed by atoms with Crippen molar-refractivity contribution in [3.63, 3.8) is 0 Å². The maximum Gasteiger partial charge on any atom is 0.115 e. The van der Waals surface area contributed by atoms with E-state index >= 15 is 0 Å². The summed E-state index contributed by atoms with van der Waals surface area (Å²) in [7, 11) is 2.23. The Morgan fingerprint density at radius 1 is 1.20 bits per heavy atom. The monoisotopic (exact) mass is 274 g/mol.